The summed E-state index contributed by atoms with van der Waals surface area (Å²) in [7, 11) is -3.17. The number of hydrogen-bond acceptors (Lipinski definition) is 3. The van der Waals surface area contributed by atoms with Crippen LogP contribution in [0.5, 0.6) is 0 Å². The highest BCUT2D eigenvalue weighted by Gasteiger charge is 2.35. The van der Waals surface area contributed by atoms with Gasteiger partial charge in [-0.1, -0.05) is 42.1 Å². The van der Waals surface area contributed by atoms with E-state index in [1.54, 1.807) is 12.1 Å². The maximum Gasteiger partial charge on any atom is 0.253 e. The monoisotopic (exact) mass is 456 g/mol. The van der Waals surface area contributed by atoms with Crippen LogP contribution >= 0.6 is 23.2 Å². The van der Waals surface area contributed by atoms with Gasteiger partial charge in [-0.05, 0) is 44.1 Å². The zero-order chi connectivity index (χ0) is 20.9. The Morgan fingerprint density at radius 3 is 2.45 bits per heavy atom. The highest BCUT2D eigenvalue weighted by atomic mass is 35.5. The second-order valence-corrected chi connectivity index (χ2v) is 11.7. The number of aryl methyl sites for hydroxylation is 1. The Kier molecular flexibility index (Phi) is 5.64. The number of hydrogen-bond donors (Lipinski definition) is 1. The predicted molar refractivity (Wildman–Crippen MR) is 118 cm³/mol. The summed E-state index contributed by atoms with van der Waals surface area (Å²) >= 11 is 12.7. The minimum Gasteiger partial charge on any atom is -0.349 e. The summed E-state index contributed by atoms with van der Waals surface area (Å²) in [5, 5.41) is 4.68. The lowest BCUT2D eigenvalue weighted by Crippen LogP contribution is -2.39. The number of halogens is 2. The minimum atomic E-state index is -3.17. The van der Waals surface area contributed by atoms with E-state index in [1.165, 1.54) is 25.5 Å². The average molecular weight is 457 g/mol. The predicted octanol–water partition coefficient (Wildman–Crippen LogP) is 4.61. The quantitative estimate of drug-likeness (QED) is 0.713. The van der Waals surface area contributed by atoms with E-state index in [9.17, 15) is 13.2 Å². The SMILES string of the molecule is Cc1c(C(=O)NC2CC3CCC(C3)C2)c2ccc(Cl)c(Cl)c2n1CCS(C)(=O)=O. The molecule has 2 unspecified atom stereocenters. The summed E-state index contributed by atoms with van der Waals surface area (Å²) in [5.41, 5.74) is 1.89. The number of nitrogens with zero attached hydrogens (tertiary/aromatic N) is 1. The number of carbonyl (C=O) groups is 1. The zero-order valence-corrected chi connectivity index (χ0v) is 19.0. The largest absolute Gasteiger partial charge is 0.349 e. The Labute approximate surface area is 181 Å². The number of sulfone groups is 1. The van der Waals surface area contributed by atoms with Gasteiger partial charge in [0.1, 0.15) is 9.84 Å². The Hall–Kier alpha value is -1.24. The first-order chi connectivity index (χ1) is 13.6. The molecule has 158 valence electrons. The topological polar surface area (TPSA) is 68.2 Å². The van der Waals surface area contributed by atoms with Crippen LogP contribution in [0.15, 0.2) is 12.1 Å². The average Bonchev–Trinajstić information content (AvgIpc) is 3.12. The van der Waals surface area contributed by atoms with Gasteiger partial charge in [0, 0.05) is 29.9 Å². The Morgan fingerprint density at radius 2 is 1.83 bits per heavy atom. The second kappa shape index (κ2) is 7.78. The highest BCUT2D eigenvalue weighted by molar-refractivity contribution is 7.90. The van der Waals surface area contributed by atoms with Crippen LogP contribution in [-0.2, 0) is 16.4 Å². The molecule has 0 radical (unpaired) electrons. The molecule has 5 nitrogen and oxygen atoms in total. The fraction of sp³-hybridized carbons (Fsp3) is 0.571. The third-order valence-corrected chi connectivity index (χ3v) is 8.23. The molecule has 1 aromatic carbocycles. The van der Waals surface area contributed by atoms with Crippen LogP contribution in [0, 0.1) is 18.8 Å². The lowest BCUT2D eigenvalue weighted by molar-refractivity contribution is 0.0919. The molecule has 1 N–H and O–H groups in total. The van der Waals surface area contributed by atoms with E-state index in [0.717, 1.165) is 24.7 Å². The molecule has 2 aliphatic rings. The van der Waals surface area contributed by atoms with E-state index < -0.39 is 9.84 Å². The number of benzene rings is 1. The van der Waals surface area contributed by atoms with Crippen LogP contribution in [0.3, 0.4) is 0 Å². The van der Waals surface area contributed by atoms with Crippen molar-refractivity contribution < 1.29 is 13.2 Å². The number of aromatic nitrogens is 1. The van der Waals surface area contributed by atoms with Crippen molar-refractivity contribution in [3.63, 3.8) is 0 Å². The molecule has 1 amide bonds. The standard InChI is InChI=1S/C21H26Cl2N2O3S/c1-12-18(21(26)24-15-10-13-3-4-14(9-13)11-15)16-5-6-17(22)19(23)20(16)25(12)7-8-29(2,27)28/h5-6,13-15H,3-4,7-11H2,1-2H3,(H,24,26). The first-order valence-electron chi connectivity index (χ1n) is 10.1. The Balaban J connectivity index is 1.70. The van der Waals surface area contributed by atoms with Gasteiger partial charge in [-0.15, -0.1) is 0 Å². The molecule has 29 heavy (non-hydrogen) atoms. The van der Waals surface area contributed by atoms with Gasteiger partial charge in [-0.2, -0.15) is 0 Å². The molecular formula is C21H26Cl2N2O3S. The molecule has 0 saturated heterocycles. The Morgan fingerprint density at radius 1 is 1.17 bits per heavy atom. The molecule has 2 aromatic rings. The van der Waals surface area contributed by atoms with Crippen LogP contribution in [0.25, 0.3) is 10.9 Å². The molecule has 0 aliphatic heterocycles. The lowest BCUT2D eigenvalue weighted by atomic mass is 9.85. The van der Waals surface area contributed by atoms with Gasteiger partial charge in [0.25, 0.3) is 5.91 Å². The zero-order valence-electron chi connectivity index (χ0n) is 16.7. The third-order valence-electron chi connectivity index (χ3n) is 6.51. The van der Waals surface area contributed by atoms with Crippen molar-refractivity contribution >= 4 is 49.8 Å². The molecule has 4 rings (SSSR count). The van der Waals surface area contributed by atoms with Gasteiger partial charge in [0.15, 0.2) is 0 Å². The molecular weight excluding hydrogens is 431 g/mol. The summed E-state index contributed by atoms with van der Waals surface area (Å²) in [4.78, 5) is 13.3. The molecule has 2 fully saturated rings. The van der Waals surface area contributed by atoms with E-state index in [2.05, 4.69) is 5.32 Å². The molecule has 2 atom stereocenters. The number of rotatable bonds is 5. The summed E-state index contributed by atoms with van der Waals surface area (Å²) in [5.74, 6) is 1.30. The van der Waals surface area contributed by atoms with E-state index in [4.69, 9.17) is 23.2 Å². The normalized spacial score (nSPS) is 24.2. The van der Waals surface area contributed by atoms with Crippen LogP contribution < -0.4 is 5.32 Å². The van der Waals surface area contributed by atoms with Crippen LogP contribution in [0.4, 0.5) is 0 Å². The van der Waals surface area contributed by atoms with Crippen molar-refractivity contribution in [3.8, 4) is 0 Å². The van der Waals surface area contributed by atoms with Gasteiger partial charge in [-0.3, -0.25) is 4.79 Å². The summed E-state index contributed by atoms with van der Waals surface area (Å²) < 4.78 is 25.3. The fourth-order valence-corrected chi connectivity index (χ4v) is 6.14. The maximum atomic E-state index is 13.3. The summed E-state index contributed by atoms with van der Waals surface area (Å²) in [6.45, 7) is 2.06. The second-order valence-electron chi connectivity index (χ2n) is 8.69. The van der Waals surface area contributed by atoms with Crippen LogP contribution in [0.2, 0.25) is 10.0 Å². The number of fused-ring (bicyclic) bond motifs is 3. The first kappa shape index (κ1) is 21.0. The maximum absolute atomic E-state index is 13.3. The molecule has 2 bridgehead atoms. The molecule has 2 saturated carbocycles. The minimum absolute atomic E-state index is 0.0342. The van der Waals surface area contributed by atoms with Gasteiger partial charge >= 0.3 is 0 Å². The van der Waals surface area contributed by atoms with E-state index in [0.29, 0.717) is 32.2 Å². The molecule has 8 heteroatoms. The van der Waals surface area contributed by atoms with Crippen molar-refractivity contribution in [3.05, 3.63) is 33.4 Å². The van der Waals surface area contributed by atoms with Crippen molar-refractivity contribution in [1.29, 1.82) is 0 Å². The van der Waals surface area contributed by atoms with Gasteiger partial charge in [0.2, 0.25) is 0 Å². The number of carbonyl (C=O) groups excluding carboxylic acids is 1. The van der Waals surface area contributed by atoms with Gasteiger partial charge in [-0.25, -0.2) is 8.42 Å². The number of amides is 1. The summed E-state index contributed by atoms with van der Waals surface area (Å²) in [6.07, 6.45) is 7.13. The first-order valence-corrected chi connectivity index (χ1v) is 12.9. The van der Waals surface area contributed by atoms with Crippen molar-refractivity contribution in [1.82, 2.24) is 9.88 Å². The lowest BCUT2D eigenvalue weighted by Gasteiger charge is -2.28. The van der Waals surface area contributed by atoms with E-state index in [-0.39, 0.29) is 24.2 Å². The van der Waals surface area contributed by atoms with E-state index >= 15 is 0 Å². The highest BCUT2D eigenvalue weighted by Crippen LogP contribution is 2.42. The van der Waals surface area contributed by atoms with Crippen LogP contribution in [-0.4, -0.2) is 36.9 Å². The van der Waals surface area contributed by atoms with Crippen LogP contribution in [0.1, 0.15) is 48.2 Å². The molecule has 2 aliphatic carbocycles. The van der Waals surface area contributed by atoms with E-state index in [1.807, 2.05) is 11.5 Å². The molecule has 0 spiro atoms. The smallest absolute Gasteiger partial charge is 0.253 e. The fourth-order valence-electron chi connectivity index (χ4n) is 5.21. The van der Waals surface area contributed by atoms with Gasteiger partial charge in [0.05, 0.1) is 26.9 Å². The van der Waals surface area contributed by atoms with Crippen molar-refractivity contribution in [2.45, 2.75) is 51.6 Å². The summed E-state index contributed by atoms with van der Waals surface area (Å²) in [6, 6.07) is 3.68. The Bertz CT molecular complexity index is 1070. The van der Waals surface area contributed by atoms with Crippen molar-refractivity contribution in [2.24, 2.45) is 11.8 Å². The van der Waals surface area contributed by atoms with Gasteiger partial charge < -0.3 is 9.88 Å². The van der Waals surface area contributed by atoms with Crippen molar-refractivity contribution in [2.75, 3.05) is 12.0 Å². The third kappa shape index (κ3) is 4.17. The molecule has 1 aromatic heterocycles. The number of nitrogens with one attached hydrogen (secondary N) is 1. The molecule has 1 heterocycles.